The molecule has 2 N–H and O–H groups in total. The van der Waals surface area contributed by atoms with E-state index in [9.17, 15) is 0 Å². The Hall–Kier alpha value is -0.150. The molecule has 0 amide bonds. The maximum Gasteiger partial charge on any atom is 0.0940 e. The molecule has 0 aromatic heterocycles. The van der Waals surface area contributed by atoms with Gasteiger partial charge in [-0.2, -0.15) is 0 Å². The van der Waals surface area contributed by atoms with Crippen LogP contribution in [0.4, 0.5) is 0 Å². The lowest BCUT2D eigenvalue weighted by molar-refractivity contribution is 0.374. The van der Waals surface area contributed by atoms with Gasteiger partial charge in [0.2, 0.25) is 0 Å². The van der Waals surface area contributed by atoms with Crippen molar-refractivity contribution in [2.75, 3.05) is 0 Å². The number of hydrogen-bond donors (Lipinski definition) is 2. The van der Waals surface area contributed by atoms with Gasteiger partial charge >= 0.3 is 0 Å². The summed E-state index contributed by atoms with van der Waals surface area (Å²) in [6.45, 7) is 8.66. The van der Waals surface area contributed by atoms with E-state index < -0.39 is 0 Å². The minimum atomic E-state index is -0.0172. The average molecular weight is 186 g/mol. The van der Waals surface area contributed by atoms with Gasteiger partial charge < -0.3 is 5.32 Å². The molecule has 0 aromatic carbocycles. The van der Waals surface area contributed by atoms with E-state index in [1.807, 2.05) is 0 Å². The van der Waals surface area contributed by atoms with Gasteiger partial charge in [-0.1, -0.05) is 26.1 Å². The van der Waals surface area contributed by atoms with Crippen molar-refractivity contribution in [3.8, 4) is 0 Å². The molecule has 1 rings (SSSR count). The summed E-state index contributed by atoms with van der Waals surface area (Å²) in [5, 5.41) is 6.73. The van der Waals surface area contributed by atoms with Gasteiger partial charge in [0.05, 0.1) is 16.7 Å². The monoisotopic (exact) mass is 186 g/mol. The second kappa shape index (κ2) is 3.30. The smallest absolute Gasteiger partial charge is 0.0940 e. The lowest BCUT2D eigenvalue weighted by Crippen LogP contribution is -2.44. The maximum atomic E-state index is 5.23. The lowest BCUT2D eigenvalue weighted by atomic mass is 10.0. The molecule has 0 spiro atoms. The van der Waals surface area contributed by atoms with Gasteiger partial charge in [0.25, 0.3) is 0 Å². The van der Waals surface area contributed by atoms with E-state index in [2.05, 4.69) is 38.3 Å². The van der Waals surface area contributed by atoms with E-state index in [-0.39, 0.29) is 5.66 Å². The van der Waals surface area contributed by atoms with Gasteiger partial charge in [-0.25, -0.2) is 0 Å². The summed E-state index contributed by atoms with van der Waals surface area (Å²) in [6.07, 6.45) is 1.12. The normalized spacial score (nSPS) is 27.8. The summed E-state index contributed by atoms with van der Waals surface area (Å²) in [7, 11) is 0. The fourth-order valence-electron chi connectivity index (χ4n) is 1.57. The number of rotatable bonds is 2. The standard InChI is InChI=1S/C9H18N2S/c1-6(2)5-7-8(12)11-9(3,4)10-7/h6-7,10H,5H2,1-4H3,(H,11,12). The highest BCUT2D eigenvalue weighted by atomic mass is 32.1. The fraction of sp³-hybridized carbons (Fsp3) is 0.889. The highest BCUT2D eigenvalue weighted by molar-refractivity contribution is 7.80. The molecule has 0 radical (unpaired) electrons. The van der Waals surface area contributed by atoms with Crippen LogP contribution < -0.4 is 10.6 Å². The predicted molar refractivity (Wildman–Crippen MR) is 56.2 cm³/mol. The van der Waals surface area contributed by atoms with Gasteiger partial charge in [0.1, 0.15) is 0 Å². The van der Waals surface area contributed by atoms with Crippen molar-refractivity contribution in [1.29, 1.82) is 0 Å². The van der Waals surface area contributed by atoms with E-state index in [0.717, 1.165) is 11.4 Å². The van der Waals surface area contributed by atoms with E-state index in [0.29, 0.717) is 12.0 Å². The van der Waals surface area contributed by atoms with Crippen LogP contribution in [0.3, 0.4) is 0 Å². The summed E-state index contributed by atoms with van der Waals surface area (Å²) >= 11 is 5.23. The summed E-state index contributed by atoms with van der Waals surface area (Å²) in [4.78, 5) is 0.966. The zero-order valence-electron chi connectivity index (χ0n) is 8.27. The molecule has 1 atom stereocenters. The highest BCUT2D eigenvalue weighted by Crippen LogP contribution is 2.15. The van der Waals surface area contributed by atoms with Gasteiger partial charge in [0, 0.05) is 0 Å². The van der Waals surface area contributed by atoms with Crippen molar-refractivity contribution in [3.05, 3.63) is 0 Å². The SMILES string of the molecule is CC(C)CC1NC(C)(C)NC1=S. The van der Waals surface area contributed by atoms with Gasteiger partial charge in [-0.05, 0) is 26.2 Å². The van der Waals surface area contributed by atoms with Crippen LogP contribution in [0.1, 0.15) is 34.1 Å². The number of thiocarbonyl (C=S) groups is 1. The maximum absolute atomic E-state index is 5.23. The molecule has 3 heteroatoms. The molecular formula is C9H18N2S. The van der Waals surface area contributed by atoms with Crippen LogP contribution in [0.25, 0.3) is 0 Å². The predicted octanol–water partition coefficient (Wildman–Crippen LogP) is 1.66. The Morgan fingerprint density at radius 2 is 2.08 bits per heavy atom. The second-order valence-electron chi connectivity index (χ2n) is 4.44. The van der Waals surface area contributed by atoms with Crippen LogP contribution in [0.2, 0.25) is 0 Å². The third-order valence-corrected chi connectivity index (χ3v) is 2.38. The lowest BCUT2D eigenvalue weighted by Gasteiger charge is -2.19. The first kappa shape index (κ1) is 9.93. The summed E-state index contributed by atoms with van der Waals surface area (Å²) in [5.74, 6) is 0.691. The molecule has 1 unspecified atom stereocenters. The molecule has 1 aliphatic rings. The van der Waals surface area contributed by atoms with Gasteiger partial charge in [-0.3, -0.25) is 5.32 Å². The molecule has 1 aliphatic heterocycles. The Kier molecular flexibility index (Phi) is 2.74. The molecule has 1 fully saturated rings. The van der Waals surface area contributed by atoms with Gasteiger partial charge in [0.15, 0.2) is 0 Å². The molecule has 2 nitrogen and oxygen atoms in total. The quantitative estimate of drug-likeness (QED) is 0.641. The molecule has 0 bridgehead atoms. The number of nitrogens with one attached hydrogen (secondary N) is 2. The highest BCUT2D eigenvalue weighted by Gasteiger charge is 2.33. The van der Waals surface area contributed by atoms with Crippen LogP contribution in [-0.2, 0) is 0 Å². The zero-order chi connectivity index (χ0) is 9.35. The number of hydrogen-bond acceptors (Lipinski definition) is 2. The Labute approximate surface area is 80.1 Å². The first-order chi connectivity index (χ1) is 5.41. The van der Waals surface area contributed by atoms with Crippen molar-refractivity contribution in [1.82, 2.24) is 10.6 Å². The van der Waals surface area contributed by atoms with E-state index >= 15 is 0 Å². The molecule has 0 aliphatic carbocycles. The van der Waals surface area contributed by atoms with Crippen molar-refractivity contribution >= 4 is 17.2 Å². The van der Waals surface area contributed by atoms with Gasteiger partial charge in [-0.15, -0.1) is 0 Å². The van der Waals surface area contributed by atoms with E-state index in [4.69, 9.17) is 12.2 Å². The third-order valence-electron chi connectivity index (χ3n) is 1.99. The average Bonchev–Trinajstić information content (AvgIpc) is 2.03. The first-order valence-electron chi connectivity index (χ1n) is 4.50. The summed E-state index contributed by atoms with van der Waals surface area (Å²) in [5.41, 5.74) is -0.0172. The van der Waals surface area contributed by atoms with E-state index in [1.54, 1.807) is 0 Å². The minimum Gasteiger partial charge on any atom is -0.361 e. The summed E-state index contributed by atoms with van der Waals surface area (Å²) < 4.78 is 0. The molecule has 70 valence electrons. The van der Waals surface area contributed by atoms with Crippen LogP contribution in [-0.4, -0.2) is 16.7 Å². The Morgan fingerprint density at radius 1 is 1.50 bits per heavy atom. The van der Waals surface area contributed by atoms with E-state index in [1.165, 1.54) is 0 Å². The Morgan fingerprint density at radius 3 is 2.42 bits per heavy atom. The second-order valence-corrected chi connectivity index (χ2v) is 4.88. The molecule has 0 saturated carbocycles. The molecule has 0 aromatic rings. The van der Waals surface area contributed by atoms with Crippen LogP contribution in [0, 0.1) is 5.92 Å². The first-order valence-corrected chi connectivity index (χ1v) is 4.91. The van der Waals surface area contributed by atoms with Crippen molar-refractivity contribution in [2.45, 2.75) is 45.8 Å². The molecule has 12 heavy (non-hydrogen) atoms. The Bertz CT molecular complexity index is 187. The van der Waals surface area contributed by atoms with Crippen LogP contribution >= 0.6 is 12.2 Å². The van der Waals surface area contributed by atoms with Crippen molar-refractivity contribution < 1.29 is 0 Å². The van der Waals surface area contributed by atoms with Crippen molar-refractivity contribution in [3.63, 3.8) is 0 Å². The minimum absolute atomic E-state index is 0.0172. The van der Waals surface area contributed by atoms with Crippen molar-refractivity contribution in [2.24, 2.45) is 5.92 Å². The van der Waals surface area contributed by atoms with Crippen LogP contribution in [0.15, 0.2) is 0 Å². The third kappa shape index (κ3) is 2.42. The molecular weight excluding hydrogens is 168 g/mol. The molecule has 1 heterocycles. The summed E-state index contributed by atoms with van der Waals surface area (Å²) in [6, 6.07) is 0.370. The topological polar surface area (TPSA) is 24.1 Å². The Balaban J connectivity index is 2.53. The largest absolute Gasteiger partial charge is 0.361 e. The molecule has 1 saturated heterocycles. The van der Waals surface area contributed by atoms with Crippen LogP contribution in [0.5, 0.6) is 0 Å². The fourth-order valence-corrected chi connectivity index (χ4v) is 1.98. The zero-order valence-corrected chi connectivity index (χ0v) is 9.09.